The van der Waals surface area contributed by atoms with Crippen LogP contribution in [0.25, 0.3) is 0 Å². The summed E-state index contributed by atoms with van der Waals surface area (Å²) in [6.07, 6.45) is 4.04. The molecular formula is C14H22N2S. The van der Waals surface area contributed by atoms with Crippen LogP contribution in [-0.2, 0) is 0 Å². The molecule has 1 aliphatic rings. The predicted molar refractivity (Wildman–Crippen MR) is 76.5 cm³/mol. The fraction of sp³-hybridized carbons (Fsp3) is 0.571. The van der Waals surface area contributed by atoms with E-state index >= 15 is 0 Å². The molecule has 1 heterocycles. The number of nitrogens with two attached hydrogens (primary N) is 1. The Morgan fingerprint density at radius 2 is 2.35 bits per heavy atom. The third-order valence-corrected chi connectivity index (χ3v) is 4.70. The largest absolute Gasteiger partial charge is 0.398 e. The zero-order chi connectivity index (χ0) is 12.1. The van der Waals surface area contributed by atoms with Gasteiger partial charge in [0.05, 0.1) is 0 Å². The molecule has 0 spiro atoms. The minimum Gasteiger partial charge on any atom is -0.398 e. The van der Waals surface area contributed by atoms with E-state index in [0.29, 0.717) is 0 Å². The summed E-state index contributed by atoms with van der Waals surface area (Å²) in [5, 5.41) is 3.47. The predicted octanol–water partition coefficient (Wildman–Crippen LogP) is 3.06. The van der Waals surface area contributed by atoms with Crippen LogP contribution in [0.5, 0.6) is 0 Å². The Labute approximate surface area is 108 Å². The topological polar surface area (TPSA) is 38.0 Å². The maximum atomic E-state index is 5.91. The van der Waals surface area contributed by atoms with Crippen LogP contribution >= 0.6 is 11.8 Å². The highest BCUT2D eigenvalue weighted by atomic mass is 32.2. The standard InChI is InChI=1S/C14H22N2S/c1-11-13(15)5-2-6-14(11)17-9-7-12-4-3-8-16-10-12/h2,5-6,12,16H,3-4,7-10,15H2,1H3. The fourth-order valence-electron chi connectivity index (χ4n) is 2.29. The highest BCUT2D eigenvalue weighted by Gasteiger charge is 2.12. The van der Waals surface area contributed by atoms with Gasteiger partial charge in [-0.05, 0) is 68.6 Å². The van der Waals surface area contributed by atoms with E-state index in [-0.39, 0.29) is 0 Å². The zero-order valence-corrected chi connectivity index (χ0v) is 11.4. The van der Waals surface area contributed by atoms with Crippen LogP contribution in [0, 0.1) is 12.8 Å². The van der Waals surface area contributed by atoms with Gasteiger partial charge in [-0.25, -0.2) is 0 Å². The van der Waals surface area contributed by atoms with Crippen molar-refractivity contribution in [1.29, 1.82) is 0 Å². The van der Waals surface area contributed by atoms with Crippen molar-refractivity contribution in [2.24, 2.45) is 5.92 Å². The Hall–Kier alpha value is -0.670. The summed E-state index contributed by atoms with van der Waals surface area (Å²) in [5.41, 5.74) is 8.06. The Bertz CT molecular complexity index is 359. The van der Waals surface area contributed by atoms with Crippen molar-refractivity contribution in [2.45, 2.75) is 31.1 Å². The number of thioether (sulfide) groups is 1. The number of benzene rings is 1. The third-order valence-electron chi connectivity index (χ3n) is 3.51. The van der Waals surface area contributed by atoms with Crippen molar-refractivity contribution in [3.63, 3.8) is 0 Å². The highest BCUT2D eigenvalue weighted by molar-refractivity contribution is 7.99. The van der Waals surface area contributed by atoms with Crippen molar-refractivity contribution in [2.75, 3.05) is 24.6 Å². The highest BCUT2D eigenvalue weighted by Crippen LogP contribution is 2.28. The summed E-state index contributed by atoms with van der Waals surface area (Å²) >= 11 is 1.95. The minimum atomic E-state index is 0.873. The van der Waals surface area contributed by atoms with Gasteiger partial charge in [0.1, 0.15) is 0 Å². The van der Waals surface area contributed by atoms with E-state index in [4.69, 9.17) is 5.73 Å². The fourth-order valence-corrected chi connectivity index (χ4v) is 3.47. The molecule has 94 valence electrons. The molecule has 1 atom stereocenters. The average Bonchev–Trinajstić information content (AvgIpc) is 2.36. The maximum Gasteiger partial charge on any atom is 0.0354 e. The van der Waals surface area contributed by atoms with Gasteiger partial charge in [-0.1, -0.05) is 6.07 Å². The number of hydrogen-bond acceptors (Lipinski definition) is 3. The van der Waals surface area contributed by atoms with E-state index in [9.17, 15) is 0 Å². The number of nitrogens with one attached hydrogen (secondary N) is 1. The second-order valence-corrected chi connectivity index (χ2v) is 5.96. The Morgan fingerprint density at radius 1 is 1.47 bits per heavy atom. The summed E-state index contributed by atoms with van der Waals surface area (Å²) < 4.78 is 0. The quantitative estimate of drug-likeness (QED) is 0.637. The molecule has 0 amide bonds. The molecule has 0 aromatic heterocycles. The molecule has 0 bridgehead atoms. The normalized spacial score (nSPS) is 20.4. The van der Waals surface area contributed by atoms with Crippen LogP contribution in [0.3, 0.4) is 0 Å². The van der Waals surface area contributed by atoms with Gasteiger partial charge in [-0.15, -0.1) is 11.8 Å². The third kappa shape index (κ3) is 3.65. The van der Waals surface area contributed by atoms with E-state index < -0.39 is 0 Å². The summed E-state index contributed by atoms with van der Waals surface area (Å²) in [4.78, 5) is 1.34. The smallest absolute Gasteiger partial charge is 0.0354 e. The van der Waals surface area contributed by atoms with Gasteiger partial charge in [0, 0.05) is 10.6 Å². The van der Waals surface area contributed by atoms with Crippen LogP contribution in [-0.4, -0.2) is 18.8 Å². The molecule has 1 aromatic carbocycles. The van der Waals surface area contributed by atoms with Gasteiger partial charge in [-0.3, -0.25) is 0 Å². The van der Waals surface area contributed by atoms with Crippen molar-refractivity contribution in [1.82, 2.24) is 5.32 Å². The molecule has 0 radical (unpaired) electrons. The zero-order valence-electron chi connectivity index (χ0n) is 10.5. The maximum absolute atomic E-state index is 5.91. The number of rotatable bonds is 4. The second kappa shape index (κ2) is 6.31. The molecule has 2 nitrogen and oxygen atoms in total. The van der Waals surface area contributed by atoms with E-state index in [1.165, 1.54) is 48.6 Å². The van der Waals surface area contributed by atoms with Crippen molar-refractivity contribution >= 4 is 17.4 Å². The van der Waals surface area contributed by atoms with Crippen LogP contribution in [0.15, 0.2) is 23.1 Å². The van der Waals surface area contributed by atoms with Crippen LogP contribution in [0.1, 0.15) is 24.8 Å². The van der Waals surface area contributed by atoms with E-state index in [1.807, 2.05) is 23.9 Å². The van der Waals surface area contributed by atoms with Crippen LogP contribution in [0.2, 0.25) is 0 Å². The first-order valence-corrected chi connectivity index (χ1v) is 7.44. The van der Waals surface area contributed by atoms with Crippen LogP contribution in [0.4, 0.5) is 5.69 Å². The molecule has 1 aliphatic heterocycles. The van der Waals surface area contributed by atoms with Gasteiger partial charge >= 0.3 is 0 Å². The lowest BCUT2D eigenvalue weighted by Crippen LogP contribution is -2.29. The molecule has 0 aliphatic carbocycles. The molecular weight excluding hydrogens is 228 g/mol. The van der Waals surface area contributed by atoms with Gasteiger partial charge in [0.2, 0.25) is 0 Å². The summed E-state index contributed by atoms with van der Waals surface area (Å²) in [7, 11) is 0. The van der Waals surface area contributed by atoms with E-state index in [0.717, 1.165) is 11.6 Å². The SMILES string of the molecule is Cc1c(N)cccc1SCCC1CCCNC1. The first-order valence-electron chi connectivity index (χ1n) is 6.46. The van der Waals surface area contributed by atoms with Crippen molar-refractivity contribution in [3.8, 4) is 0 Å². The van der Waals surface area contributed by atoms with Gasteiger partial charge in [-0.2, -0.15) is 0 Å². The van der Waals surface area contributed by atoms with Crippen molar-refractivity contribution in [3.05, 3.63) is 23.8 Å². The lowest BCUT2D eigenvalue weighted by molar-refractivity contribution is 0.371. The first kappa shape index (κ1) is 12.8. The van der Waals surface area contributed by atoms with Gasteiger partial charge < -0.3 is 11.1 Å². The van der Waals surface area contributed by atoms with E-state index in [1.54, 1.807) is 0 Å². The number of piperidine rings is 1. The molecule has 2 rings (SSSR count). The molecule has 3 heteroatoms. The Kier molecular flexibility index (Phi) is 4.75. The van der Waals surface area contributed by atoms with Gasteiger partial charge in [0.15, 0.2) is 0 Å². The second-order valence-electron chi connectivity index (χ2n) is 4.82. The Balaban J connectivity index is 1.79. The average molecular weight is 250 g/mol. The monoisotopic (exact) mass is 250 g/mol. The van der Waals surface area contributed by atoms with Crippen molar-refractivity contribution < 1.29 is 0 Å². The lowest BCUT2D eigenvalue weighted by atomic mass is 9.97. The summed E-state index contributed by atoms with van der Waals surface area (Å²) in [6, 6.07) is 6.20. The minimum absolute atomic E-state index is 0.873. The van der Waals surface area contributed by atoms with E-state index in [2.05, 4.69) is 18.3 Å². The number of anilines is 1. The van der Waals surface area contributed by atoms with Crippen LogP contribution < -0.4 is 11.1 Å². The molecule has 1 fully saturated rings. The molecule has 1 unspecified atom stereocenters. The lowest BCUT2D eigenvalue weighted by Gasteiger charge is -2.22. The molecule has 1 saturated heterocycles. The molecule has 17 heavy (non-hydrogen) atoms. The number of hydrogen-bond donors (Lipinski definition) is 2. The Morgan fingerprint density at radius 3 is 3.12 bits per heavy atom. The van der Waals surface area contributed by atoms with Gasteiger partial charge in [0.25, 0.3) is 0 Å². The molecule has 3 N–H and O–H groups in total. The summed E-state index contributed by atoms with van der Waals surface area (Å²) in [6.45, 7) is 4.52. The summed E-state index contributed by atoms with van der Waals surface area (Å²) in [5.74, 6) is 2.08. The number of nitrogen functional groups attached to an aromatic ring is 1. The molecule has 0 saturated carbocycles. The first-order chi connectivity index (χ1) is 8.27. The molecule has 1 aromatic rings.